The lowest BCUT2D eigenvalue weighted by molar-refractivity contribution is -0.121. The van der Waals surface area contributed by atoms with E-state index in [2.05, 4.69) is 62.0 Å². The molecule has 0 atom stereocenters. The number of hydrogen-bond donors (Lipinski definition) is 2. The van der Waals surface area contributed by atoms with Crippen LogP contribution >= 0.6 is 0 Å². The van der Waals surface area contributed by atoms with E-state index in [4.69, 9.17) is 0 Å². The quantitative estimate of drug-likeness (QED) is 0.647. The number of hydrogen-bond acceptors (Lipinski definition) is 3. The van der Waals surface area contributed by atoms with Gasteiger partial charge in [0, 0.05) is 19.4 Å². The number of benzene rings is 2. The summed E-state index contributed by atoms with van der Waals surface area (Å²) in [6, 6.07) is 11.7. The molecule has 0 saturated carbocycles. The molecule has 2 aromatic carbocycles. The van der Waals surface area contributed by atoms with Crippen molar-refractivity contribution in [3.63, 3.8) is 0 Å². The minimum absolute atomic E-state index is 0.0348. The molecule has 0 aliphatic rings. The summed E-state index contributed by atoms with van der Waals surface area (Å²) < 4.78 is 0. The molecule has 5 nitrogen and oxygen atoms in total. The second kappa shape index (κ2) is 8.82. The second-order valence-corrected chi connectivity index (χ2v) is 8.97. The number of carbonyl (C=O) groups is 1. The van der Waals surface area contributed by atoms with Crippen LogP contribution in [0.2, 0.25) is 0 Å². The van der Waals surface area contributed by atoms with Gasteiger partial charge >= 0.3 is 0 Å². The van der Waals surface area contributed by atoms with Crippen molar-refractivity contribution in [3.05, 3.63) is 74.8 Å². The number of carbonyl (C=O) groups excluding carboxylic acids is 1. The Morgan fingerprint density at radius 1 is 1.07 bits per heavy atom. The normalized spacial score (nSPS) is 11.6. The molecule has 0 bridgehead atoms. The van der Waals surface area contributed by atoms with Crippen LogP contribution in [0.1, 0.15) is 55.3 Å². The summed E-state index contributed by atoms with van der Waals surface area (Å²) in [6.45, 7) is 11.5. The van der Waals surface area contributed by atoms with E-state index >= 15 is 0 Å². The fourth-order valence-corrected chi connectivity index (χ4v) is 3.72. The van der Waals surface area contributed by atoms with Gasteiger partial charge in [0.2, 0.25) is 5.91 Å². The maximum atomic E-state index is 12.3. The van der Waals surface area contributed by atoms with Crippen LogP contribution in [0.15, 0.2) is 41.2 Å². The molecule has 0 fully saturated rings. The number of H-pyrrole nitrogens is 1. The van der Waals surface area contributed by atoms with Gasteiger partial charge in [-0.05, 0) is 60.1 Å². The van der Waals surface area contributed by atoms with Crippen LogP contribution in [0.4, 0.5) is 0 Å². The molecule has 5 heteroatoms. The molecule has 0 spiro atoms. The second-order valence-electron chi connectivity index (χ2n) is 8.97. The summed E-state index contributed by atoms with van der Waals surface area (Å²) in [5.41, 5.74) is 5.78. The Hall–Kier alpha value is -2.95. The average molecular weight is 406 g/mol. The molecule has 0 saturated heterocycles. The van der Waals surface area contributed by atoms with Crippen LogP contribution in [0.25, 0.3) is 10.9 Å². The van der Waals surface area contributed by atoms with E-state index in [1.807, 2.05) is 18.2 Å². The van der Waals surface area contributed by atoms with Gasteiger partial charge in [-0.2, -0.15) is 0 Å². The summed E-state index contributed by atoms with van der Waals surface area (Å²) >= 11 is 0. The Balaban J connectivity index is 1.55. The van der Waals surface area contributed by atoms with Crippen LogP contribution in [-0.2, 0) is 23.1 Å². The molecule has 158 valence electrons. The summed E-state index contributed by atoms with van der Waals surface area (Å²) in [4.78, 5) is 31.6. The van der Waals surface area contributed by atoms with Crippen molar-refractivity contribution in [2.75, 3.05) is 6.54 Å². The molecule has 3 aromatic rings. The zero-order valence-corrected chi connectivity index (χ0v) is 18.6. The van der Waals surface area contributed by atoms with E-state index in [1.165, 1.54) is 22.3 Å². The highest BCUT2D eigenvalue weighted by Crippen LogP contribution is 2.27. The third-order valence-corrected chi connectivity index (χ3v) is 5.51. The van der Waals surface area contributed by atoms with Gasteiger partial charge < -0.3 is 10.3 Å². The highest BCUT2D eigenvalue weighted by atomic mass is 16.1. The number of aromatic amines is 1. The van der Waals surface area contributed by atoms with Crippen molar-refractivity contribution in [2.45, 2.75) is 59.3 Å². The number of aromatic nitrogens is 2. The van der Waals surface area contributed by atoms with Gasteiger partial charge in [0.05, 0.1) is 10.9 Å². The maximum absolute atomic E-state index is 12.3. The van der Waals surface area contributed by atoms with Crippen LogP contribution in [0.5, 0.6) is 0 Å². The van der Waals surface area contributed by atoms with E-state index in [0.717, 1.165) is 6.42 Å². The molecule has 0 unspecified atom stereocenters. The fraction of sp³-hybridized carbons (Fsp3) is 0.400. The Labute approximate surface area is 177 Å². The lowest BCUT2D eigenvalue weighted by Gasteiger charge is -2.22. The van der Waals surface area contributed by atoms with Gasteiger partial charge in [0.15, 0.2) is 0 Å². The standard InChI is InChI=1S/C25H31N3O2/c1-16-14-18(25(3,4)5)15-17(2)19(16)12-13-26-23(29)11-10-22-27-21-9-7-6-8-20(21)24(30)28-22/h6-9,14-15H,10-13H2,1-5H3,(H,26,29)(H,27,28,30). The zero-order valence-electron chi connectivity index (χ0n) is 18.6. The van der Waals surface area contributed by atoms with E-state index in [0.29, 0.717) is 36.1 Å². The van der Waals surface area contributed by atoms with Crippen molar-refractivity contribution < 1.29 is 4.79 Å². The first kappa shape index (κ1) is 21.8. The predicted octanol–water partition coefficient (Wildman–Crippen LogP) is 4.13. The summed E-state index contributed by atoms with van der Waals surface area (Å²) in [5.74, 6) is 0.505. The van der Waals surface area contributed by atoms with Gasteiger partial charge in [-0.1, -0.05) is 45.0 Å². The Morgan fingerprint density at radius 2 is 1.73 bits per heavy atom. The molecule has 1 heterocycles. The van der Waals surface area contributed by atoms with Gasteiger partial charge in [-0.15, -0.1) is 0 Å². The van der Waals surface area contributed by atoms with Gasteiger partial charge in [-0.25, -0.2) is 4.98 Å². The van der Waals surface area contributed by atoms with Crippen molar-refractivity contribution in [1.82, 2.24) is 15.3 Å². The molecule has 30 heavy (non-hydrogen) atoms. The van der Waals surface area contributed by atoms with E-state index in [-0.39, 0.29) is 16.9 Å². The van der Waals surface area contributed by atoms with Crippen molar-refractivity contribution in [3.8, 4) is 0 Å². The Bertz CT molecular complexity index is 1100. The van der Waals surface area contributed by atoms with Crippen molar-refractivity contribution >= 4 is 16.8 Å². The first-order valence-electron chi connectivity index (χ1n) is 10.5. The topological polar surface area (TPSA) is 74.8 Å². The predicted molar refractivity (Wildman–Crippen MR) is 122 cm³/mol. The van der Waals surface area contributed by atoms with Crippen LogP contribution in [-0.4, -0.2) is 22.4 Å². The molecule has 0 aliphatic heterocycles. The average Bonchev–Trinajstić information content (AvgIpc) is 2.67. The summed E-state index contributed by atoms with van der Waals surface area (Å²) in [7, 11) is 0. The lowest BCUT2D eigenvalue weighted by atomic mass is 9.83. The molecule has 2 N–H and O–H groups in total. The zero-order chi connectivity index (χ0) is 21.9. The van der Waals surface area contributed by atoms with E-state index in [1.54, 1.807) is 6.07 Å². The molecule has 0 radical (unpaired) electrons. The number of amides is 1. The first-order chi connectivity index (χ1) is 14.1. The maximum Gasteiger partial charge on any atom is 0.258 e. The van der Waals surface area contributed by atoms with Gasteiger partial charge in [0.1, 0.15) is 5.82 Å². The highest BCUT2D eigenvalue weighted by molar-refractivity contribution is 5.78. The minimum atomic E-state index is -0.166. The monoisotopic (exact) mass is 405 g/mol. The number of aryl methyl sites for hydroxylation is 3. The van der Waals surface area contributed by atoms with Gasteiger partial charge in [0.25, 0.3) is 5.56 Å². The summed E-state index contributed by atoms with van der Waals surface area (Å²) in [6.07, 6.45) is 1.51. The Kier molecular flexibility index (Phi) is 6.40. The third kappa shape index (κ3) is 5.15. The number of rotatable bonds is 6. The summed E-state index contributed by atoms with van der Waals surface area (Å²) in [5, 5.41) is 3.56. The highest BCUT2D eigenvalue weighted by Gasteiger charge is 2.16. The van der Waals surface area contributed by atoms with Crippen molar-refractivity contribution in [2.24, 2.45) is 0 Å². The number of nitrogens with one attached hydrogen (secondary N) is 2. The molecule has 1 amide bonds. The molecule has 0 aliphatic carbocycles. The largest absolute Gasteiger partial charge is 0.356 e. The number of fused-ring (bicyclic) bond motifs is 1. The minimum Gasteiger partial charge on any atom is -0.356 e. The Morgan fingerprint density at radius 3 is 2.40 bits per heavy atom. The third-order valence-electron chi connectivity index (χ3n) is 5.51. The van der Waals surface area contributed by atoms with E-state index < -0.39 is 0 Å². The fourth-order valence-electron chi connectivity index (χ4n) is 3.72. The molecule has 1 aromatic heterocycles. The molecular weight excluding hydrogens is 374 g/mol. The lowest BCUT2D eigenvalue weighted by Crippen LogP contribution is -2.27. The van der Waals surface area contributed by atoms with E-state index in [9.17, 15) is 9.59 Å². The van der Waals surface area contributed by atoms with Gasteiger partial charge in [-0.3, -0.25) is 9.59 Å². The number of para-hydroxylation sites is 1. The SMILES string of the molecule is Cc1cc(C(C)(C)C)cc(C)c1CCNC(=O)CCc1nc2ccccc2c(=O)[nH]1. The van der Waals surface area contributed by atoms with Crippen molar-refractivity contribution in [1.29, 1.82) is 0 Å². The molecular formula is C25H31N3O2. The number of nitrogens with zero attached hydrogens (tertiary/aromatic N) is 1. The molecule has 3 rings (SSSR count). The first-order valence-corrected chi connectivity index (χ1v) is 10.5. The van der Waals surface area contributed by atoms with Crippen LogP contribution in [0, 0.1) is 13.8 Å². The van der Waals surface area contributed by atoms with Crippen LogP contribution in [0.3, 0.4) is 0 Å². The smallest absolute Gasteiger partial charge is 0.258 e. The van der Waals surface area contributed by atoms with Crippen LogP contribution < -0.4 is 10.9 Å².